The van der Waals surface area contributed by atoms with E-state index in [9.17, 15) is 0 Å². The molecule has 13 heavy (non-hydrogen) atoms. The summed E-state index contributed by atoms with van der Waals surface area (Å²) in [6.07, 6.45) is 15.6. The van der Waals surface area contributed by atoms with Gasteiger partial charge in [0.05, 0.1) is 0 Å². The molecule has 0 heteroatoms. The van der Waals surface area contributed by atoms with E-state index < -0.39 is 0 Å². The quantitative estimate of drug-likeness (QED) is 0.556. The van der Waals surface area contributed by atoms with Gasteiger partial charge in [0, 0.05) is 0 Å². The van der Waals surface area contributed by atoms with E-state index in [-0.39, 0.29) is 0 Å². The minimum atomic E-state index is 0.895. The summed E-state index contributed by atoms with van der Waals surface area (Å²) in [6.45, 7) is 2.32. The SMILES string of the molecule is CC1=CCCCC1CC1C=CCC1. The number of hydrogen-bond acceptors (Lipinski definition) is 0. The summed E-state index contributed by atoms with van der Waals surface area (Å²) < 4.78 is 0. The molecule has 0 bridgehead atoms. The molecule has 0 N–H and O–H groups in total. The van der Waals surface area contributed by atoms with Crippen LogP contribution in [-0.2, 0) is 0 Å². The Labute approximate surface area is 81.7 Å². The highest BCUT2D eigenvalue weighted by molar-refractivity contribution is 5.09. The lowest BCUT2D eigenvalue weighted by Gasteiger charge is -2.24. The molecule has 0 saturated carbocycles. The highest BCUT2D eigenvalue weighted by Crippen LogP contribution is 2.33. The van der Waals surface area contributed by atoms with Gasteiger partial charge in [-0.15, -0.1) is 0 Å². The van der Waals surface area contributed by atoms with Crippen LogP contribution in [0.15, 0.2) is 23.8 Å². The molecule has 2 atom stereocenters. The van der Waals surface area contributed by atoms with Crippen molar-refractivity contribution in [2.24, 2.45) is 11.8 Å². The Morgan fingerprint density at radius 3 is 2.92 bits per heavy atom. The normalized spacial score (nSPS) is 33.5. The molecule has 0 nitrogen and oxygen atoms in total. The van der Waals surface area contributed by atoms with Gasteiger partial charge >= 0.3 is 0 Å². The zero-order valence-electron chi connectivity index (χ0n) is 8.63. The van der Waals surface area contributed by atoms with Gasteiger partial charge in [0.25, 0.3) is 0 Å². The topological polar surface area (TPSA) is 0 Å². The van der Waals surface area contributed by atoms with E-state index in [2.05, 4.69) is 25.2 Å². The zero-order chi connectivity index (χ0) is 9.10. The Bertz CT molecular complexity index is 222. The Morgan fingerprint density at radius 1 is 1.31 bits per heavy atom. The summed E-state index contributed by atoms with van der Waals surface area (Å²) in [6, 6.07) is 0. The minimum Gasteiger partial charge on any atom is -0.0882 e. The Hall–Kier alpha value is -0.520. The smallest absolute Gasteiger partial charge is 0.0200 e. The van der Waals surface area contributed by atoms with Crippen LogP contribution in [0.4, 0.5) is 0 Å². The molecule has 0 aliphatic heterocycles. The van der Waals surface area contributed by atoms with E-state index in [4.69, 9.17) is 0 Å². The fourth-order valence-electron chi connectivity index (χ4n) is 2.65. The fraction of sp³-hybridized carbons (Fsp3) is 0.692. The Kier molecular flexibility index (Phi) is 2.87. The molecule has 2 rings (SSSR count). The van der Waals surface area contributed by atoms with Gasteiger partial charge in [0.1, 0.15) is 0 Å². The summed E-state index contributed by atoms with van der Waals surface area (Å²) >= 11 is 0. The van der Waals surface area contributed by atoms with Crippen LogP contribution >= 0.6 is 0 Å². The molecule has 0 fully saturated rings. The minimum absolute atomic E-state index is 0.895. The molecule has 0 spiro atoms. The molecule has 0 radical (unpaired) electrons. The van der Waals surface area contributed by atoms with Crippen molar-refractivity contribution in [3.05, 3.63) is 23.8 Å². The summed E-state index contributed by atoms with van der Waals surface area (Å²) in [7, 11) is 0. The molecule has 0 saturated heterocycles. The second-order valence-corrected chi connectivity index (χ2v) is 4.58. The molecule has 0 aromatic heterocycles. The van der Waals surface area contributed by atoms with Crippen molar-refractivity contribution in [3.8, 4) is 0 Å². The Balaban J connectivity index is 1.89. The van der Waals surface area contributed by atoms with Gasteiger partial charge in [-0.2, -0.15) is 0 Å². The molecule has 2 aliphatic rings. The molecular weight excluding hydrogens is 156 g/mol. The van der Waals surface area contributed by atoms with Gasteiger partial charge in [0.2, 0.25) is 0 Å². The van der Waals surface area contributed by atoms with Crippen molar-refractivity contribution in [3.63, 3.8) is 0 Å². The lowest BCUT2D eigenvalue weighted by Crippen LogP contribution is -2.10. The van der Waals surface area contributed by atoms with Gasteiger partial charge in [-0.25, -0.2) is 0 Å². The zero-order valence-corrected chi connectivity index (χ0v) is 8.63. The number of hydrogen-bond donors (Lipinski definition) is 0. The van der Waals surface area contributed by atoms with Crippen molar-refractivity contribution in [1.29, 1.82) is 0 Å². The maximum atomic E-state index is 2.45. The van der Waals surface area contributed by atoms with Crippen LogP contribution in [0.25, 0.3) is 0 Å². The summed E-state index contributed by atoms with van der Waals surface area (Å²) in [4.78, 5) is 0. The molecular formula is C13H20. The predicted molar refractivity (Wildman–Crippen MR) is 57.6 cm³/mol. The van der Waals surface area contributed by atoms with Crippen LogP contribution in [0.3, 0.4) is 0 Å². The van der Waals surface area contributed by atoms with E-state index in [0.717, 1.165) is 11.8 Å². The van der Waals surface area contributed by atoms with Crippen molar-refractivity contribution >= 4 is 0 Å². The van der Waals surface area contributed by atoms with E-state index in [0.29, 0.717) is 0 Å². The monoisotopic (exact) mass is 176 g/mol. The van der Waals surface area contributed by atoms with E-state index in [1.54, 1.807) is 5.57 Å². The van der Waals surface area contributed by atoms with Gasteiger partial charge in [-0.05, 0) is 57.3 Å². The third kappa shape index (κ3) is 2.24. The van der Waals surface area contributed by atoms with Crippen molar-refractivity contribution in [2.75, 3.05) is 0 Å². The molecule has 0 heterocycles. The predicted octanol–water partition coefficient (Wildman–Crippen LogP) is 4.09. The lowest BCUT2D eigenvalue weighted by atomic mass is 9.82. The van der Waals surface area contributed by atoms with Crippen LogP contribution in [-0.4, -0.2) is 0 Å². The van der Waals surface area contributed by atoms with Crippen LogP contribution < -0.4 is 0 Å². The average molecular weight is 176 g/mol. The molecule has 72 valence electrons. The Morgan fingerprint density at radius 2 is 2.23 bits per heavy atom. The number of allylic oxidation sites excluding steroid dienone is 4. The van der Waals surface area contributed by atoms with E-state index in [1.165, 1.54) is 38.5 Å². The molecule has 2 aliphatic carbocycles. The first-order chi connectivity index (χ1) is 6.36. The van der Waals surface area contributed by atoms with Crippen molar-refractivity contribution < 1.29 is 0 Å². The third-order valence-corrected chi connectivity index (χ3v) is 3.57. The van der Waals surface area contributed by atoms with Gasteiger partial charge in [0.15, 0.2) is 0 Å². The van der Waals surface area contributed by atoms with Gasteiger partial charge in [-0.3, -0.25) is 0 Å². The fourth-order valence-corrected chi connectivity index (χ4v) is 2.65. The van der Waals surface area contributed by atoms with Gasteiger partial charge in [-0.1, -0.05) is 23.8 Å². The third-order valence-electron chi connectivity index (χ3n) is 3.57. The largest absolute Gasteiger partial charge is 0.0882 e. The molecule has 0 aromatic carbocycles. The van der Waals surface area contributed by atoms with Gasteiger partial charge < -0.3 is 0 Å². The first-order valence-corrected chi connectivity index (χ1v) is 5.69. The highest BCUT2D eigenvalue weighted by atomic mass is 14.2. The maximum absolute atomic E-state index is 2.45. The van der Waals surface area contributed by atoms with E-state index >= 15 is 0 Å². The first-order valence-electron chi connectivity index (χ1n) is 5.69. The summed E-state index contributed by atoms with van der Waals surface area (Å²) in [5, 5.41) is 0. The highest BCUT2D eigenvalue weighted by Gasteiger charge is 2.19. The van der Waals surface area contributed by atoms with Crippen molar-refractivity contribution in [2.45, 2.75) is 45.4 Å². The second kappa shape index (κ2) is 4.13. The summed E-state index contributed by atoms with van der Waals surface area (Å²) in [5.74, 6) is 1.80. The van der Waals surface area contributed by atoms with Crippen LogP contribution in [0.2, 0.25) is 0 Å². The van der Waals surface area contributed by atoms with Crippen LogP contribution in [0, 0.1) is 11.8 Å². The maximum Gasteiger partial charge on any atom is -0.0200 e. The average Bonchev–Trinajstić information content (AvgIpc) is 2.61. The first kappa shape index (κ1) is 9.05. The molecule has 0 aromatic rings. The standard InChI is InChI=1S/C13H20/c1-11-6-2-5-9-13(11)10-12-7-3-4-8-12/h3,6-7,12-13H,2,4-5,8-10H2,1H3. The number of rotatable bonds is 2. The van der Waals surface area contributed by atoms with E-state index in [1.807, 2.05) is 0 Å². The second-order valence-electron chi connectivity index (χ2n) is 4.58. The molecule has 2 unspecified atom stereocenters. The lowest BCUT2D eigenvalue weighted by molar-refractivity contribution is 0.413. The van der Waals surface area contributed by atoms with Crippen LogP contribution in [0.1, 0.15) is 45.4 Å². The van der Waals surface area contributed by atoms with Crippen LogP contribution in [0.5, 0.6) is 0 Å². The van der Waals surface area contributed by atoms with Crippen molar-refractivity contribution in [1.82, 2.24) is 0 Å². The molecule has 0 amide bonds. The summed E-state index contributed by atoms with van der Waals surface area (Å²) in [5.41, 5.74) is 1.66.